The standard InChI is InChI=1S/C15H13ClN2O3S2/c1-10-17-9-13(21-10)14-6-7-15(22-14)23(19,20)18-8-11-2-4-12(16)5-3-11/h2-7,9,18H,8H2,1H3. The fraction of sp³-hybridized carbons (Fsp3) is 0.133. The van der Waals surface area contributed by atoms with Crippen molar-refractivity contribution in [3.63, 3.8) is 0 Å². The lowest BCUT2D eigenvalue weighted by Crippen LogP contribution is -2.22. The Morgan fingerprint density at radius 3 is 2.61 bits per heavy atom. The van der Waals surface area contributed by atoms with Gasteiger partial charge in [-0.1, -0.05) is 23.7 Å². The van der Waals surface area contributed by atoms with Crippen LogP contribution in [0.2, 0.25) is 5.02 Å². The summed E-state index contributed by atoms with van der Waals surface area (Å²) < 4.78 is 32.9. The van der Waals surface area contributed by atoms with Gasteiger partial charge in [-0.05, 0) is 29.8 Å². The summed E-state index contributed by atoms with van der Waals surface area (Å²) in [5, 5.41) is 0.613. The zero-order chi connectivity index (χ0) is 16.4. The number of sulfonamides is 1. The van der Waals surface area contributed by atoms with Gasteiger partial charge in [0.25, 0.3) is 0 Å². The predicted molar refractivity (Wildman–Crippen MR) is 90.0 cm³/mol. The monoisotopic (exact) mass is 368 g/mol. The number of hydrogen-bond donors (Lipinski definition) is 1. The van der Waals surface area contributed by atoms with Crippen LogP contribution in [0.1, 0.15) is 11.5 Å². The van der Waals surface area contributed by atoms with Gasteiger partial charge in [-0.15, -0.1) is 11.3 Å². The highest BCUT2D eigenvalue weighted by Gasteiger charge is 2.18. The minimum absolute atomic E-state index is 0.203. The summed E-state index contributed by atoms with van der Waals surface area (Å²) in [4.78, 5) is 4.73. The molecule has 0 radical (unpaired) electrons. The normalized spacial score (nSPS) is 11.7. The number of thiophene rings is 1. The number of oxazole rings is 1. The number of aryl methyl sites for hydroxylation is 1. The summed E-state index contributed by atoms with van der Waals surface area (Å²) in [6, 6.07) is 10.3. The van der Waals surface area contributed by atoms with Crippen molar-refractivity contribution in [1.29, 1.82) is 0 Å². The molecule has 1 aromatic carbocycles. The maximum absolute atomic E-state index is 12.3. The molecule has 120 valence electrons. The number of nitrogens with one attached hydrogen (secondary N) is 1. The molecule has 0 atom stereocenters. The lowest BCUT2D eigenvalue weighted by molar-refractivity contribution is 0.535. The molecule has 5 nitrogen and oxygen atoms in total. The van der Waals surface area contributed by atoms with Crippen molar-refractivity contribution < 1.29 is 12.8 Å². The number of aromatic nitrogens is 1. The molecule has 2 aromatic heterocycles. The van der Waals surface area contributed by atoms with Crippen LogP contribution in [0.4, 0.5) is 0 Å². The Morgan fingerprint density at radius 2 is 1.96 bits per heavy atom. The summed E-state index contributed by atoms with van der Waals surface area (Å²) >= 11 is 6.95. The summed E-state index contributed by atoms with van der Waals surface area (Å²) in [6.45, 7) is 1.94. The molecule has 0 aliphatic carbocycles. The molecule has 0 saturated carbocycles. The average molecular weight is 369 g/mol. The highest BCUT2D eigenvalue weighted by Crippen LogP contribution is 2.31. The van der Waals surface area contributed by atoms with Crippen LogP contribution in [0.15, 0.2) is 51.2 Å². The molecule has 3 aromatic rings. The molecule has 3 rings (SSSR count). The summed E-state index contributed by atoms with van der Waals surface area (Å²) in [5.41, 5.74) is 0.834. The molecule has 2 heterocycles. The van der Waals surface area contributed by atoms with E-state index in [4.69, 9.17) is 16.0 Å². The zero-order valence-electron chi connectivity index (χ0n) is 12.1. The van der Waals surface area contributed by atoms with Crippen molar-refractivity contribution in [2.75, 3.05) is 0 Å². The first-order chi connectivity index (χ1) is 10.9. The third kappa shape index (κ3) is 3.81. The average Bonchev–Trinajstić information content (AvgIpc) is 3.16. The van der Waals surface area contributed by atoms with Gasteiger partial charge in [0.1, 0.15) is 4.21 Å². The molecular weight excluding hydrogens is 356 g/mol. The molecule has 0 saturated heterocycles. The largest absolute Gasteiger partial charge is 0.440 e. The van der Waals surface area contributed by atoms with Crippen LogP contribution in [-0.4, -0.2) is 13.4 Å². The number of rotatable bonds is 5. The number of hydrogen-bond acceptors (Lipinski definition) is 5. The Balaban J connectivity index is 1.75. The van der Waals surface area contributed by atoms with E-state index in [0.29, 0.717) is 16.7 Å². The highest BCUT2D eigenvalue weighted by molar-refractivity contribution is 7.91. The van der Waals surface area contributed by atoms with E-state index < -0.39 is 10.0 Å². The maximum atomic E-state index is 12.3. The van der Waals surface area contributed by atoms with Crippen LogP contribution < -0.4 is 4.72 Å². The van der Waals surface area contributed by atoms with Gasteiger partial charge < -0.3 is 4.42 Å². The van der Waals surface area contributed by atoms with Crippen LogP contribution in [-0.2, 0) is 16.6 Å². The van der Waals surface area contributed by atoms with Gasteiger partial charge in [-0.25, -0.2) is 18.1 Å². The lowest BCUT2D eigenvalue weighted by Gasteiger charge is -2.05. The Hall–Kier alpha value is -1.67. The van der Waals surface area contributed by atoms with Crippen LogP contribution in [0, 0.1) is 6.92 Å². The van der Waals surface area contributed by atoms with Crippen molar-refractivity contribution in [1.82, 2.24) is 9.71 Å². The summed E-state index contributed by atoms with van der Waals surface area (Å²) in [7, 11) is -3.58. The van der Waals surface area contributed by atoms with Gasteiger partial charge in [-0.2, -0.15) is 0 Å². The quantitative estimate of drug-likeness (QED) is 0.742. The van der Waals surface area contributed by atoms with Crippen LogP contribution in [0.3, 0.4) is 0 Å². The summed E-state index contributed by atoms with van der Waals surface area (Å²) in [5.74, 6) is 1.10. The van der Waals surface area contributed by atoms with E-state index in [1.54, 1.807) is 49.5 Å². The third-order valence-electron chi connectivity index (χ3n) is 3.09. The fourth-order valence-corrected chi connectivity index (χ4v) is 4.36. The van der Waals surface area contributed by atoms with E-state index in [1.807, 2.05) is 0 Å². The van der Waals surface area contributed by atoms with Gasteiger partial charge in [0.15, 0.2) is 11.7 Å². The van der Waals surface area contributed by atoms with Crippen LogP contribution in [0.25, 0.3) is 10.6 Å². The molecule has 0 amide bonds. The zero-order valence-corrected chi connectivity index (χ0v) is 14.5. The second kappa shape index (κ2) is 6.45. The van der Waals surface area contributed by atoms with Crippen molar-refractivity contribution in [3.8, 4) is 10.6 Å². The first-order valence-electron chi connectivity index (χ1n) is 6.71. The molecule has 0 aliphatic rings. The molecule has 0 fully saturated rings. The van der Waals surface area contributed by atoms with Crippen molar-refractivity contribution >= 4 is 33.0 Å². The van der Waals surface area contributed by atoms with Gasteiger partial charge in [-0.3, -0.25) is 0 Å². The Labute approximate surface area is 143 Å². The molecule has 0 spiro atoms. The molecule has 1 N–H and O–H groups in total. The first-order valence-corrected chi connectivity index (χ1v) is 9.38. The highest BCUT2D eigenvalue weighted by atomic mass is 35.5. The van der Waals surface area contributed by atoms with Crippen molar-refractivity contribution in [2.24, 2.45) is 0 Å². The minimum atomic E-state index is -3.58. The number of nitrogens with zero attached hydrogens (tertiary/aromatic N) is 1. The van der Waals surface area contributed by atoms with E-state index in [9.17, 15) is 8.42 Å². The minimum Gasteiger partial charge on any atom is -0.440 e. The van der Waals surface area contributed by atoms with Crippen LogP contribution in [0.5, 0.6) is 0 Å². The Kier molecular flexibility index (Phi) is 4.54. The van der Waals surface area contributed by atoms with Gasteiger partial charge in [0.05, 0.1) is 11.1 Å². The Morgan fingerprint density at radius 1 is 1.22 bits per heavy atom. The lowest BCUT2D eigenvalue weighted by atomic mass is 10.2. The van der Waals surface area contributed by atoms with Gasteiger partial charge >= 0.3 is 0 Å². The van der Waals surface area contributed by atoms with E-state index in [2.05, 4.69) is 9.71 Å². The first kappa shape index (κ1) is 16.2. The smallest absolute Gasteiger partial charge is 0.250 e. The topological polar surface area (TPSA) is 72.2 Å². The van der Waals surface area contributed by atoms with Gasteiger partial charge in [0, 0.05) is 18.5 Å². The predicted octanol–water partition coefficient (Wildman–Crippen LogP) is 3.84. The second-order valence-electron chi connectivity index (χ2n) is 4.81. The van der Waals surface area contributed by atoms with Crippen molar-refractivity contribution in [3.05, 3.63) is 59.1 Å². The molecule has 8 heteroatoms. The molecule has 0 bridgehead atoms. The Bertz CT molecular complexity index is 914. The van der Waals surface area contributed by atoms with Crippen LogP contribution >= 0.6 is 22.9 Å². The van der Waals surface area contributed by atoms with E-state index in [0.717, 1.165) is 21.8 Å². The SMILES string of the molecule is Cc1ncc(-c2ccc(S(=O)(=O)NCc3ccc(Cl)cc3)s2)o1. The second-order valence-corrected chi connectivity index (χ2v) is 8.33. The third-order valence-corrected chi connectivity index (χ3v) is 6.33. The fourth-order valence-electron chi connectivity index (χ4n) is 1.92. The molecule has 0 aliphatic heterocycles. The van der Waals surface area contributed by atoms with Gasteiger partial charge in [0.2, 0.25) is 10.0 Å². The van der Waals surface area contributed by atoms with Crippen molar-refractivity contribution in [2.45, 2.75) is 17.7 Å². The van der Waals surface area contributed by atoms with E-state index >= 15 is 0 Å². The molecular formula is C15H13ClN2O3S2. The maximum Gasteiger partial charge on any atom is 0.250 e. The molecule has 23 heavy (non-hydrogen) atoms. The van der Waals surface area contributed by atoms with E-state index in [-0.39, 0.29) is 10.8 Å². The summed E-state index contributed by atoms with van der Waals surface area (Å²) in [6.07, 6.45) is 1.58. The number of halogens is 1. The molecule has 0 unspecified atom stereocenters. The number of benzene rings is 1. The van der Waals surface area contributed by atoms with E-state index in [1.165, 1.54) is 0 Å².